The first kappa shape index (κ1) is 13.3. The number of hydrogen-bond donors (Lipinski definition) is 0. The van der Waals surface area contributed by atoms with Crippen molar-refractivity contribution < 1.29 is 0 Å². The lowest BCUT2D eigenvalue weighted by atomic mass is 10.0. The molecular weight excluding hydrogens is 210 g/mol. The van der Waals surface area contributed by atoms with Gasteiger partial charge in [0.05, 0.1) is 0 Å². The zero-order valence-electron chi connectivity index (χ0n) is 11.6. The predicted molar refractivity (Wildman–Crippen MR) is 73.1 cm³/mol. The van der Waals surface area contributed by atoms with E-state index in [1.54, 1.807) is 0 Å². The molecule has 0 N–H and O–H groups in total. The lowest BCUT2D eigenvalue weighted by Crippen LogP contribution is -2.46. The van der Waals surface area contributed by atoms with Crippen molar-refractivity contribution in [3.63, 3.8) is 0 Å². The van der Waals surface area contributed by atoms with Gasteiger partial charge in [-0.25, -0.2) is 0 Å². The van der Waals surface area contributed by atoms with Crippen molar-refractivity contribution in [3.8, 4) is 0 Å². The fourth-order valence-electron chi connectivity index (χ4n) is 2.87. The minimum absolute atomic E-state index is 0.799. The number of likely N-dealkylation sites (tertiary alicyclic amines) is 1. The normalized spacial score (nSPS) is 29.6. The van der Waals surface area contributed by atoms with E-state index in [0.717, 1.165) is 6.04 Å². The van der Waals surface area contributed by atoms with Gasteiger partial charge >= 0.3 is 0 Å². The van der Waals surface area contributed by atoms with E-state index in [-0.39, 0.29) is 0 Å². The molecule has 0 aromatic heterocycles. The topological polar surface area (TPSA) is 9.72 Å². The van der Waals surface area contributed by atoms with Crippen LogP contribution in [0.5, 0.6) is 0 Å². The summed E-state index contributed by atoms with van der Waals surface area (Å²) in [6.07, 6.45) is 6.69. The van der Waals surface area contributed by atoms with E-state index >= 15 is 0 Å². The molecule has 2 heterocycles. The molecular formula is C14H28N3. The van der Waals surface area contributed by atoms with Gasteiger partial charge in [0.15, 0.2) is 0 Å². The van der Waals surface area contributed by atoms with Gasteiger partial charge in [0.1, 0.15) is 0 Å². The van der Waals surface area contributed by atoms with Crippen LogP contribution in [0.4, 0.5) is 0 Å². The van der Waals surface area contributed by atoms with Gasteiger partial charge in [0, 0.05) is 45.3 Å². The SMILES string of the molecule is CC1CCCCN1C[CH]CN1CCN(C)CC1. The standard InChI is InChI=1S/C14H28N3/c1-14-6-3-4-8-17(14)9-5-7-16-12-10-15(2)11-13-16/h5,14H,3-4,6-13H2,1-2H3. The molecule has 2 rings (SSSR count). The summed E-state index contributed by atoms with van der Waals surface area (Å²) in [5.74, 6) is 0. The van der Waals surface area contributed by atoms with Crippen molar-refractivity contribution >= 4 is 0 Å². The molecule has 2 aliphatic rings. The third-order valence-corrected chi connectivity index (χ3v) is 4.29. The van der Waals surface area contributed by atoms with E-state index in [1.807, 2.05) is 0 Å². The van der Waals surface area contributed by atoms with Crippen molar-refractivity contribution in [2.75, 3.05) is 52.9 Å². The molecule has 2 aliphatic heterocycles. The first-order chi connectivity index (χ1) is 8.25. The summed E-state index contributed by atoms with van der Waals surface area (Å²) in [7, 11) is 2.22. The van der Waals surface area contributed by atoms with Gasteiger partial charge in [-0.15, -0.1) is 0 Å². The van der Waals surface area contributed by atoms with E-state index in [9.17, 15) is 0 Å². The molecule has 0 bridgehead atoms. The van der Waals surface area contributed by atoms with E-state index in [4.69, 9.17) is 0 Å². The Morgan fingerprint density at radius 2 is 1.76 bits per heavy atom. The molecule has 2 fully saturated rings. The summed E-state index contributed by atoms with van der Waals surface area (Å²) in [6, 6.07) is 0.799. The molecule has 17 heavy (non-hydrogen) atoms. The third-order valence-electron chi connectivity index (χ3n) is 4.29. The molecule has 0 saturated carbocycles. The van der Waals surface area contributed by atoms with Crippen LogP contribution in [0.3, 0.4) is 0 Å². The van der Waals surface area contributed by atoms with Crippen molar-refractivity contribution in [2.24, 2.45) is 0 Å². The largest absolute Gasteiger partial charge is 0.304 e. The lowest BCUT2D eigenvalue weighted by Gasteiger charge is -2.35. The fraction of sp³-hybridized carbons (Fsp3) is 0.929. The second kappa shape index (κ2) is 6.72. The smallest absolute Gasteiger partial charge is 0.0110 e. The van der Waals surface area contributed by atoms with Crippen LogP contribution in [-0.4, -0.2) is 73.6 Å². The molecule has 99 valence electrons. The molecule has 1 radical (unpaired) electrons. The van der Waals surface area contributed by atoms with Crippen LogP contribution in [0.1, 0.15) is 26.2 Å². The maximum absolute atomic E-state index is 2.64. The first-order valence-corrected chi connectivity index (χ1v) is 7.22. The van der Waals surface area contributed by atoms with Crippen LogP contribution in [0.25, 0.3) is 0 Å². The second-order valence-electron chi connectivity index (χ2n) is 5.73. The average Bonchev–Trinajstić information content (AvgIpc) is 2.34. The molecule has 0 aromatic rings. The monoisotopic (exact) mass is 238 g/mol. The molecule has 0 aromatic carbocycles. The molecule has 2 saturated heterocycles. The zero-order valence-corrected chi connectivity index (χ0v) is 11.6. The Morgan fingerprint density at radius 1 is 1.00 bits per heavy atom. The number of rotatable bonds is 4. The van der Waals surface area contributed by atoms with Crippen molar-refractivity contribution in [3.05, 3.63) is 6.42 Å². The Kier molecular flexibility index (Phi) is 5.26. The van der Waals surface area contributed by atoms with E-state index in [1.165, 1.54) is 65.1 Å². The number of piperidine rings is 1. The maximum atomic E-state index is 2.64. The Morgan fingerprint density at radius 3 is 2.47 bits per heavy atom. The number of nitrogens with zero attached hydrogens (tertiary/aromatic N) is 3. The quantitative estimate of drug-likeness (QED) is 0.731. The second-order valence-corrected chi connectivity index (χ2v) is 5.73. The number of piperazine rings is 1. The molecule has 1 unspecified atom stereocenters. The highest BCUT2D eigenvalue weighted by atomic mass is 15.2. The molecule has 3 heteroatoms. The van der Waals surface area contributed by atoms with Gasteiger partial charge in [-0.3, -0.25) is 0 Å². The third kappa shape index (κ3) is 4.23. The minimum Gasteiger partial charge on any atom is -0.304 e. The first-order valence-electron chi connectivity index (χ1n) is 7.22. The van der Waals surface area contributed by atoms with Crippen LogP contribution >= 0.6 is 0 Å². The molecule has 3 nitrogen and oxygen atoms in total. The van der Waals surface area contributed by atoms with Crippen LogP contribution in [0.2, 0.25) is 0 Å². The Balaban J connectivity index is 1.59. The van der Waals surface area contributed by atoms with Gasteiger partial charge in [-0.2, -0.15) is 0 Å². The van der Waals surface area contributed by atoms with Crippen LogP contribution in [-0.2, 0) is 0 Å². The lowest BCUT2D eigenvalue weighted by molar-refractivity contribution is 0.147. The summed E-state index contributed by atoms with van der Waals surface area (Å²) in [5, 5.41) is 0. The molecule has 0 aliphatic carbocycles. The van der Waals surface area contributed by atoms with Crippen LogP contribution in [0, 0.1) is 6.42 Å². The van der Waals surface area contributed by atoms with Crippen molar-refractivity contribution in [1.82, 2.24) is 14.7 Å². The highest BCUT2D eigenvalue weighted by Crippen LogP contribution is 2.16. The Bertz CT molecular complexity index is 212. The minimum atomic E-state index is 0.799. The number of hydrogen-bond acceptors (Lipinski definition) is 3. The zero-order chi connectivity index (χ0) is 12.1. The summed E-state index contributed by atoms with van der Waals surface area (Å²) < 4.78 is 0. The average molecular weight is 238 g/mol. The highest BCUT2D eigenvalue weighted by molar-refractivity contribution is 4.82. The van der Waals surface area contributed by atoms with Gasteiger partial charge in [0.25, 0.3) is 0 Å². The Hall–Kier alpha value is -0.120. The summed E-state index contributed by atoms with van der Waals surface area (Å²) in [5.41, 5.74) is 0. The van der Waals surface area contributed by atoms with Gasteiger partial charge in [-0.05, 0) is 39.8 Å². The molecule has 0 amide bonds. The summed E-state index contributed by atoms with van der Waals surface area (Å²) >= 11 is 0. The van der Waals surface area contributed by atoms with Crippen LogP contribution < -0.4 is 0 Å². The maximum Gasteiger partial charge on any atom is 0.0110 e. The molecule has 1 atom stereocenters. The predicted octanol–water partition coefficient (Wildman–Crippen LogP) is 1.31. The van der Waals surface area contributed by atoms with E-state index < -0.39 is 0 Å². The van der Waals surface area contributed by atoms with E-state index in [0.29, 0.717) is 0 Å². The van der Waals surface area contributed by atoms with E-state index in [2.05, 4.69) is 35.1 Å². The summed E-state index contributed by atoms with van der Waals surface area (Å²) in [4.78, 5) is 7.64. The van der Waals surface area contributed by atoms with Crippen molar-refractivity contribution in [1.29, 1.82) is 0 Å². The Labute approximate surface area is 107 Å². The molecule has 0 spiro atoms. The van der Waals surface area contributed by atoms with Crippen LogP contribution in [0.15, 0.2) is 0 Å². The number of likely N-dealkylation sites (N-methyl/N-ethyl adjacent to an activating group) is 1. The summed E-state index contributed by atoms with van der Waals surface area (Å²) in [6.45, 7) is 11.0. The van der Waals surface area contributed by atoms with Gasteiger partial charge < -0.3 is 14.7 Å². The van der Waals surface area contributed by atoms with Gasteiger partial charge in [0.2, 0.25) is 0 Å². The highest BCUT2D eigenvalue weighted by Gasteiger charge is 2.18. The van der Waals surface area contributed by atoms with Crippen molar-refractivity contribution in [2.45, 2.75) is 32.2 Å². The fourth-order valence-corrected chi connectivity index (χ4v) is 2.87. The van der Waals surface area contributed by atoms with Gasteiger partial charge in [-0.1, -0.05) is 6.42 Å².